The van der Waals surface area contributed by atoms with Crippen LogP contribution in [0.2, 0.25) is 0 Å². The van der Waals surface area contributed by atoms with Gasteiger partial charge in [0.15, 0.2) is 0 Å². The van der Waals surface area contributed by atoms with Gasteiger partial charge in [-0.15, -0.1) is 0 Å². The van der Waals surface area contributed by atoms with Gasteiger partial charge in [0.1, 0.15) is 0 Å². The Balaban J connectivity index is 2.08. The van der Waals surface area contributed by atoms with Gasteiger partial charge in [-0.1, -0.05) is 24.3 Å². The van der Waals surface area contributed by atoms with E-state index in [0.717, 1.165) is 12.2 Å². The van der Waals surface area contributed by atoms with Gasteiger partial charge in [0.2, 0.25) is 0 Å². The molecule has 0 aliphatic heterocycles. The van der Waals surface area contributed by atoms with E-state index in [0.29, 0.717) is 11.4 Å². The Kier molecular flexibility index (Phi) is 3.19. The SMILES string of the molecule is Cc1ccccc1CNc1ccc(N)c(N)c1. The van der Waals surface area contributed by atoms with Crippen LogP contribution in [-0.2, 0) is 6.54 Å². The summed E-state index contributed by atoms with van der Waals surface area (Å²) in [6, 6.07) is 13.9. The average molecular weight is 227 g/mol. The van der Waals surface area contributed by atoms with Crippen molar-refractivity contribution in [2.24, 2.45) is 0 Å². The zero-order chi connectivity index (χ0) is 12.3. The van der Waals surface area contributed by atoms with Gasteiger partial charge in [0, 0.05) is 12.2 Å². The lowest BCUT2D eigenvalue weighted by Gasteiger charge is -2.10. The number of nitrogens with one attached hydrogen (secondary N) is 1. The fourth-order valence-corrected chi connectivity index (χ4v) is 1.69. The van der Waals surface area contributed by atoms with Gasteiger partial charge < -0.3 is 16.8 Å². The molecule has 2 aromatic rings. The maximum absolute atomic E-state index is 5.75. The Labute approximate surface area is 101 Å². The van der Waals surface area contributed by atoms with Crippen molar-refractivity contribution in [1.82, 2.24) is 0 Å². The topological polar surface area (TPSA) is 64.1 Å². The predicted molar refractivity (Wildman–Crippen MR) is 73.8 cm³/mol. The molecule has 0 aliphatic carbocycles. The second-order valence-electron chi connectivity index (χ2n) is 4.12. The Bertz CT molecular complexity index is 521. The van der Waals surface area contributed by atoms with Gasteiger partial charge in [0.05, 0.1) is 11.4 Å². The minimum absolute atomic E-state index is 0.611. The molecule has 3 nitrogen and oxygen atoms in total. The van der Waals surface area contributed by atoms with E-state index in [2.05, 4.69) is 24.4 Å². The van der Waals surface area contributed by atoms with Gasteiger partial charge in [-0.2, -0.15) is 0 Å². The molecule has 0 saturated carbocycles. The zero-order valence-corrected chi connectivity index (χ0v) is 9.90. The van der Waals surface area contributed by atoms with E-state index in [1.807, 2.05) is 30.3 Å². The molecule has 0 unspecified atom stereocenters. The standard InChI is InChI=1S/C14H17N3/c1-10-4-2-3-5-11(10)9-17-12-6-7-13(15)14(16)8-12/h2-8,17H,9,15-16H2,1H3. The highest BCUT2D eigenvalue weighted by molar-refractivity contribution is 5.69. The second-order valence-corrected chi connectivity index (χ2v) is 4.12. The molecule has 2 aromatic carbocycles. The normalized spacial score (nSPS) is 10.2. The number of hydrogen-bond donors (Lipinski definition) is 3. The highest BCUT2D eigenvalue weighted by Gasteiger charge is 1.99. The summed E-state index contributed by atoms with van der Waals surface area (Å²) in [4.78, 5) is 0. The first-order chi connectivity index (χ1) is 8.16. The molecule has 0 heterocycles. The number of nitrogens with two attached hydrogens (primary N) is 2. The molecule has 0 saturated heterocycles. The maximum Gasteiger partial charge on any atom is 0.0568 e. The van der Waals surface area contributed by atoms with Crippen molar-refractivity contribution in [2.75, 3.05) is 16.8 Å². The predicted octanol–water partition coefficient (Wildman–Crippen LogP) is 2.77. The number of aryl methyl sites for hydroxylation is 1. The molecule has 0 spiro atoms. The van der Waals surface area contributed by atoms with Crippen molar-refractivity contribution >= 4 is 17.1 Å². The van der Waals surface area contributed by atoms with Crippen LogP contribution < -0.4 is 16.8 Å². The van der Waals surface area contributed by atoms with Gasteiger partial charge in [-0.25, -0.2) is 0 Å². The molecular formula is C14H17N3. The Morgan fingerprint density at radius 3 is 2.47 bits per heavy atom. The summed E-state index contributed by atoms with van der Waals surface area (Å²) in [5.41, 5.74) is 16.2. The lowest BCUT2D eigenvalue weighted by molar-refractivity contribution is 1.12. The van der Waals surface area contributed by atoms with Crippen LogP contribution in [0.5, 0.6) is 0 Å². The van der Waals surface area contributed by atoms with Crippen molar-refractivity contribution in [3.63, 3.8) is 0 Å². The fourth-order valence-electron chi connectivity index (χ4n) is 1.69. The van der Waals surface area contributed by atoms with Crippen molar-refractivity contribution in [3.8, 4) is 0 Å². The van der Waals surface area contributed by atoms with Gasteiger partial charge in [0.25, 0.3) is 0 Å². The molecule has 3 heteroatoms. The molecule has 0 atom stereocenters. The smallest absolute Gasteiger partial charge is 0.0568 e. The number of anilines is 3. The van der Waals surface area contributed by atoms with Crippen LogP contribution >= 0.6 is 0 Å². The van der Waals surface area contributed by atoms with E-state index in [1.165, 1.54) is 11.1 Å². The van der Waals surface area contributed by atoms with Crippen molar-refractivity contribution < 1.29 is 0 Å². The summed E-state index contributed by atoms with van der Waals surface area (Å²) >= 11 is 0. The Morgan fingerprint density at radius 1 is 1.00 bits per heavy atom. The van der Waals surface area contributed by atoms with Gasteiger partial charge >= 0.3 is 0 Å². The van der Waals surface area contributed by atoms with E-state index in [-0.39, 0.29) is 0 Å². The van der Waals surface area contributed by atoms with Gasteiger partial charge in [-0.3, -0.25) is 0 Å². The molecule has 17 heavy (non-hydrogen) atoms. The molecule has 0 aliphatic rings. The number of nitrogen functional groups attached to an aromatic ring is 2. The van der Waals surface area contributed by atoms with Crippen molar-refractivity contribution in [2.45, 2.75) is 13.5 Å². The molecular weight excluding hydrogens is 210 g/mol. The first kappa shape index (κ1) is 11.3. The highest BCUT2D eigenvalue weighted by Crippen LogP contribution is 2.20. The lowest BCUT2D eigenvalue weighted by Crippen LogP contribution is -2.02. The minimum Gasteiger partial charge on any atom is -0.397 e. The van der Waals surface area contributed by atoms with Crippen LogP contribution in [0.4, 0.5) is 17.1 Å². The number of benzene rings is 2. The molecule has 0 fully saturated rings. The highest BCUT2D eigenvalue weighted by atomic mass is 14.9. The van der Waals surface area contributed by atoms with Crippen LogP contribution in [-0.4, -0.2) is 0 Å². The molecule has 0 bridgehead atoms. The minimum atomic E-state index is 0.611. The monoisotopic (exact) mass is 227 g/mol. The Hall–Kier alpha value is -2.16. The van der Waals surface area contributed by atoms with Crippen molar-refractivity contribution in [3.05, 3.63) is 53.6 Å². The van der Waals surface area contributed by atoms with E-state index >= 15 is 0 Å². The van der Waals surface area contributed by atoms with E-state index in [1.54, 1.807) is 0 Å². The summed E-state index contributed by atoms with van der Waals surface area (Å²) in [6.07, 6.45) is 0. The summed E-state index contributed by atoms with van der Waals surface area (Å²) in [5.74, 6) is 0. The molecule has 2 rings (SSSR count). The average Bonchev–Trinajstić information content (AvgIpc) is 2.32. The molecule has 5 N–H and O–H groups in total. The third-order valence-electron chi connectivity index (χ3n) is 2.83. The molecule has 0 amide bonds. The van der Waals surface area contributed by atoms with E-state index < -0.39 is 0 Å². The summed E-state index contributed by atoms with van der Waals surface area (Å²) in [6.45, 7) is 2.89. The van der Waals surface area contributed by atoms with Crippen LogP contribution in [0.25, 0.3) is 0 Å². The molecule has 88 valence electrons. The first-order valence-electron chi connectivity index (χ1n) is 5.60. The quantitative estimate of drug-likeness (QED) is 0.706. The number of hydrogen-bond acceptors (Lipinski definition) is 3. The van der Waals surface area contributed by atoms with E-state index in [4.69, 9.17) is 11.5 Å². The zero-order valence-electron chi connectivity index (χ0n) is 9.90. The van der Waals surface area contributed by atoms with Gasteiger partial charge in [-0.05, 0) is 36.2 Å². The Morgan fingerprint density at radius 2 is 1.76 bits per heavy atom. The third-order valence-corrected chi connectivity index (χ3v) is 2.83. The molecule has 0 radical (unpaired) electrons. The maximum atomic E-state index is 5.75. The first-order valence-corrected chi connectivity index (χ1v) is 5.60. The summed E-state index contributed by atoms with van der Waals surface area (Å²) < 4.78 is 0. The lowest BCUT2D eigenvalue weighted by atomic mass is 10.1. The largest absolute Gasteiger partial charge is 0.397 e. The molecule has 0 aromatic heterocycles. The van der Waals surface area contributed by atoms with Crippen molar-refractivity contribution in [1.29, 1.82) is 0 Å². The summed E-state index contributed by atoms with van der Waals surface area (Å²) in [7, 11) is 0. The van der Waals surface area contributed by atoms with E-state index in [9.17, 15) is 0 Å². The second kappa shape index (κ2) is 4.78. The van der Waals surface area contributed by atoms with Crippen LogP contribution in [0, 0.1) is 6.92 Å². The third kappa shape index (κ3) is 2.69. The number of rotatable bonds is 3. The fraction of sp³-hybridized carbons (Fsp3) is 0.143. The van der Waals surface area contributed by atoms with Crippen LogP contribution in [0.15, 0.2) is 42.5 Å². The summed E-state index contributed by atoms with van der Waals surface area (Å²) in [5, 5.41) is 3.33. The van der Waals surface area contributed by atoms with Crippen LogP contribution in [0.1, 0.15) is 11.1 Å². The van der Waals surface area contributed by atoms with Crippen LogP contribution in [0.3, 0.4) is 0 Å².